The molecule has 0 unspecified atom stereocenters. The third-order valence-electron chi connectivity index (χ3n) is 4.08. The van der Waals surface area contributed by atoms with Crippen molar-refractivity contribution in [3.63, 3.8) is 0 Å². The molecule has 0 aliphatic carbocycles. The van der Waals surface area contributed by atoms with Gasteiger partial charge >= 0.3 is 12.2 Å². The van der Waals surface area contributed by atoms with Crippen molar-refractivity contribution in [1.29, 1.82) is 0 Å². The topological polar surface area (TPSA) is 41.6 Å². The molecule has 1 aliphatic rings. The Labute approximate surface area is 133 Å². The van der Waals surface area contributed by atoms with Crippen molar-refractivity contribution in [2.75, 3.05) is 26.8 Å². The number of alkyl halides is 3. The number of hydrogen-bond acceptors (Lipinski definition) is 2. The van der Waals surface area contributed by atoms with Gasteiger partial charge in [0.2, 0.25) is 0 Å². The number of benzene rings is 1. The maximum Gasteiger partial charge on any atom is 0.391 e. The van der Waals surface area contributed by atoms with Gasteiger partial charge in [0.25, 0.3) is 0 Å². The van der Waals surface area contributed by atoms with Gasteiger partial charge in [-0.25, -0.2) is 4.79 Å². The average molecular weight is 330 g/mol. The van der Waals surface area contributed by atoms with Gasteiger partial charge in [0.05, 0.1) is 18.6 Å². The summed E-state index contributed by atoms with van der Waals surface area (Å²) in [5, 5.41) is 2.84. The lowest BCUT2D eigenvalue weighted by Crippen LogP contribution is -2.47. The van der Waals surface area contributed by atoms with Gasteiger partial charge in [0.15, 0.2) is 0 Å². The second kappa shape index (κ2) is 7.68. The minimum atomic E-state index is -4.18. The predicted octanol–water partition coefficient (Wildman–Crippen LogP) is 3.36. The summed E-state index contributed by atoms with van der Waals surface area (Å²) < 4.78 is 43.1. The summed E-state index contributed by atoms with van der Waals surface area (Å²) >= 11 is 0. The highest BCUT2D eigenvalue weighted by atomic mass is 19.4. The molecule has 23 heavy (non-hydrogen) atoms. The van der Waals surface area contributed by atoms with E-state index in [1.807, 2.05) is 30.3 Å². The van der Waals surface area contributed by atoms with Crippen LogP contribution in [-0.2, 0) is 4.74 Å². The van der Waals surface area contributed by atoms with Crippen LogP contribution in [0.3, 0.4) is 0 Å². The van der Waals surface area contributed by atoms with Gasteiger partial charge in [0, 0.05) is 20.2 Å². The van der Waals surface area contributed by atoms with E-state index in [4.69, 9.17) is 4.74 Å². The Balaban J connectivity index is 1.93. The number of nitrogens with one attached hydrogen (secondary N) is 1. The van der Waals surface area contributed by atoms with E-state index < -0.39 is 12.1 Å². The van der Waals surface area contributed by atoms with Crippen LogP contribution in [0.2, 0.25) is 0 Å². The zero-order valence-electron chi connectivity index (χ0n) is 13.0. The summed E-state index contributed by atoms with van der Waals surface area (Å²) in [6, 6.07) is 8.67. The van der Waals surface area contributed by atoms with E-state index in [0.29, 0.717) is 6.61 Å². The molecule has 1 aromatic rings. The first-order valence-corrected chi connectivity index (χ1v) is 7.58. The molecule has 2 rings (SSSR count). The van der Waals surface area contributed by atoms with Crippen LogP contribution >= 0.6 is 0 Å². The van der Waals surface area contributed by atoms with Crippen molar-refractivity contribution < 1.29 is 22.7 Å². The Bertz CT molecular complexity index is 500. The number of carbonyl (C=O) groups excluding carboxylic acids is 1. The lowest BCUT2D eigenvalue weighted by atomic mass is 9.96. The lowest BCUT2D eigenvalue weighted by Gasteiger charge is -2.34. The van der Waals surface area contributed by atoms with Gasteiger partial charge in [-0.3, -0.25) is 0 Å². The fourth-order valence-corrected chi connectivity index (χ4v) is 2.72. The molecule has 1 N–H and O–H groups in total. The highest BCUT2D eigenvalue weighted by Gasteiger charge is 2.41. The largest absolute Gasteiger partial charge is 0.391 e. The number of hydrogen-bond donors (Lipinski definition) is 1. The second-order valence-corrected chi connectivity index (χ2v) is 5.67. The number of likely N-dealkylation sites (tertiary alicyclic amines) is 1. The van der Waals surface area contributed by atoms with Crippen LogP contribution in [0.25, 0.3) is 0 Å². The lowest BCUT2D eigenvalue weighted by molar-refractivity contribution is -0.183. The molecule has 2 amide bonds. The zero-order chi connectivity index (χ0) is 16.9. The standard InChI is InChI=1S/C16H21F3N2O2/c1-23-11-14(12-5-3-2-4-6-12)20-15(22)21-9-7-13(8-10-21)16(17,18)19/h2-6,13-14H,7-11H2,1H3,(H,20,22)/t14-/m1/s1. The van der Waals surface area contributed by atoms with E-state index >= 15 is 0 Å². The molecular weight excluding hydrogens is 309 g/mol. The molecule has 1 aliphatic heterocycles. The third kappa shape index (κ3) is 4.86. The summed E-state index contributed by atoms with van der Waals surface area (Å²) in [6.45, 7) is 0.532. The molecule has 0 saturated carbocycles. The first-order valence-electron chi connectivity index (χ1n) is 7.58. The highest BCUT2D eigenvalue weighted by Crippen LogP contribution is 2.34. The van der Waals surface area contributed by atoms with Crippen LogP contribution < -0.4 is 5.32 Å². The van der Waals surface area contributed by atoms with Gasteiger partial charge in [0.1, 0.15) is 0 Å². The fraction of sp³-hybridized carbons (Fsp3) is 0.562. The molecule has 0 bridgehead atoms. The molecule has 7 heteroatoms. The number of urea groups is 1. The Morgan fingerprint density at radius 2 is 1.91 bits per heavy atom. The number of nitrogens with zero attached hydrogens (tertiary/aromatic N) is 1. The van der Waals surface area contributed by atoms with Crippen molar-refractivity contribution in [2.45, 2.75) is 25.1 Å². The molecule has 1 saturated heterocycles. The van der Waals surface area contributed by atoms with Crippen molar-refractivity contribution >= 4 is 6.03 Å². The molecule has 0 aromatic heterocycles. The number of halogens is 3. The van der Waals surface area contributed by atoms with Gasteiger partial charge in [-0.05, 0) is 18.4 Å². The molecule has 0 spiro atoms. The predicted molar refractivity (Wildman–Crippen MR) is 79.9 cm³/mol. The first kappa shape index (κ1) is 17.6. The molecular formula is C16H21F3N2O2. The number of methoxy groups -OCH3 is 1. The van der Waals surface area contributed by atoms with Crippen molar-refractivity contribution in [3.05, 3.63) is 35.9 Å². The van der Waals surface area contributed by atoms with E-state index in [-0.39, 0.29) is 38.0 Å². The van der Waals surface area contributed by atoms with Crippen LogP contribution in [-0.4, -0.2) is 43.9 Å². The number of carbonyl (C=O) groups is 1. The monoisotopic (exact) mass is 330 g/mol. The summed E-state index contributed by atoms with van der Waals surface area (Å²) in [4.78, 5) is 13.7. The number of amides is 2. The van der Waals surface area contributed by atoms with Gasteiger partial charge in [-0.15, -0.1) is 0 Å². The van der Waals surface area contributed by atoms with Gasteiger partial charge in [-0.1, -0.05) is 30.3 Å². The SMILES string of the molecule is COC[C@@H](NC(=O)N1CCC(C(F)(F)F)CC1)c1ccccc1. The van der Waals surface area contributed by atoms with Crippen LogP contribution in [0, 0.1) is 5.92 Å². The Hall–Kier alpha value is -1.76. The average Bonchev–Trinajstić information content (AvgIpc) is 2.54. The van der Waals surface area contributed by atoms with Gasteiger partial charge < -0.3 is 15.0 Å². The summed E-state index contributed by atoms with van der Waals surface area (Å²) in [6.07, 6.45) is -4.26. The zero-order valence-corrected chi connectivity index (χ0v) is 13.0. The molecule has 128 valence electrons. The quantitative estimate of drug-likeness (QED) is 0.920. The Morgan fingerprint density at radius 1 is 1.30 bits per heavy atom. The van der Waals surface area contributed by atoms with Crippen LogP contribution in [0.4, 0.5) is 18.0 Å². The van der Waals surface area contributed by atoms with E-state index in [0.717, 1.165) is 5.56 Å². The normalized spacial score (nSPS) is 17.8. The van der Waals surface area contributed by atoms with Crippen LogP contribution in [0.5, 0.6) is 0 Å². The molecule has 1 atom stereocenters. The summed E-state index contributed by atoms with van der Waals surface area (Å²) in [5.41, 5.74) is 0.896. The summed E-state index contributed by atoms with van der Waals surface area (Å²) in [5.74, 6) is -1.31. The van der Waals surface area contributed by atoms with E-state index in [9.17, 15) is 18.0 Å². The van der Waals surface area contributed by atoms with Gasteiger partial charge in [-0.2, -0.15) is 13.2 Å². The minimum absolute atomic E-state index is 0.0444. The smallest absolute Gasteiger partial charge is 0.382 e. The third-order valence-corrected chi connectivity index (χ3v) is 4.08. The number of rotatable bonds is 4. The number of piperidine rings is 1. The minimum Gasteiger partial charge on any atom is -0.382 e. The first-order chi connectivity index (χ1) is 10.9. The van der Waals surface area contributed by atoms with Crippen LogP contribution in [0.1, 0.15) is 24.4 Å². The van der Waals surface area contributed by atoms with E-state index in [1.54, 1.807) is 0 Å². The second-order valence-electron chi connectivity index (χ2n) is 5.67. The Kier molecular flexibility index (Phi) is 5.87. The maximum absolute atomic E-state index is 12.7. The fourth-order valence-electron chi connectivity index (χ4n) is 2.72. The summed E-state index contributed by atoms with van der Waals surface area (Å²) in [7, 11) is 1.54. The van der Waals surface area contributed by atoms with E-state index in [1.165, 1.54) is 12.0 Å². The van der Waals surface area contributed by atoms with Crippen LogP contribution in [0.15, 0.2) is 30.3 Å². The molecule has 0 radical (unpaired) electrons. The number of ether oxygens (including phenoxy) is 1. The molecule has 1 fully saturated rings. The Morgan fingerprint density at radius 3 is 2.43 bits per heavy atom. The maximum atomic E-state index is 12.7. The van der Waals surface area contributed by atoms with Crippen molar-refractivity contribution in [2.24, 2.45) is 5.92 Å². The van der Waals surface area contributed by atoms with Crippen molar-refractivity contribution in [1.82, 2.24) is 10.2 Å². The van der Waals surface area contributed by atoms with E-state index in [2.05, 4.69) is 5.32 Å². The molecule has 4 nitrogen and oxygen atoms in total. The molecule has 1 aromatic carbocycles. The van der Waals surface area contributed by atoms with Crippen molar-refractivity contribution in [3.8, 4) is 0 Å². The highest BCUT2D eigenvalue weighted by molar-refractivity contribution is 5.74. The molecule has 1 heterocycles.